The van der Waals surface area contributed by atoms with Crippen LogP contribution >= 0.6 is 0 Å². The Morgan fingerprint density at radius 2 is 1.73 bits per heavy atom. The number of amides is 1. The number of carbonyl (C=O) groups excluding carboxylic acids is 2. The van der Waals surface area contributed by atoms with Gasteiger partial charge in [0.2, 0.25) is 5.95 Å². The van der Waals surface area contributed by atoms with Gasteiger partial charge >= 0.3 is 5.97 Å². The van der Waals surface area contributed by atoms with Crippen LogP contribution in [-0.2, 0) is 4.74 Å². The average Bonchev–Trinajstić information content (AvgIpc) is 3.20. The zero-order valence-electron chi connectivity index (χ0n) is 16.0. The summed E-state index contributed by atoms with van der Waals surface area (Å²) in [6.07, 6.45) is 0. The summed E-state index contributed by atoms with van der Waals surface area (Å²) in [6.45, 7) is 0. The summed E-state index contributed by atoms with van der Waals surface area (Å²) in [5.41, 5.74) is 2.85. The molecular formula is C23H16N4O3. The van der Waals surface area contributed by atoms with E-state index in [9.17, 15) is 9.59 Å². The molecule has 146 valence electrons. The number of pyridine rings is 1. The van der Waals surface area contributed by atoms with E-state index in [4.69, 9.17) is 4.74 Å². The number of carbonyl (C=O) groups is 2. The van der Waals surface area contributed by atoms with Gasteiger partial charge in [0.15, 0.2) is 0 Å². The van der Waals surface area contributed by atoms with Crippen molar-refractivity contribution in [2.24, 2.45) is 0 Å². The highest BCUT2D eigenvalue weighted by Gasteiger charge is 2.16. The van der Waals surface area contributed by atoms with Crippen molar-refractivity contribution >= 4 is 28.9 Å². The van der Waals surface area contributed by atoms with E-state index in [0.717, 1.165) is 5.56 Å². The van der Waals surface area contributed by atoms with E-state index in [1.807, 2.05) is 30.3 Å². The molecule has 0 saturated carbocycles. The number of aromatic amines is 1. The van der Waals surface area contributed by atoms with Crippen LogP contribution in [0.4, 0.5) is 5.95 Å². The minimum absolute atomic E-state index is 0.198. The lowest BCUT2D eigenvalue weighted by molar-refractivity contribution is 0.0602. The van der Waals surface area contributed by atoms with Gasteiger partial charge in [-0.15, -0.1) is 0 Å². The second-order valence-electron chi connectivity index (χ2n) is 6.26. The molecule has 0 radical (unpaired) electrons. The topological polar surface area (TPSA) is 97.0 Å². The lowest BCUT2D eigenvalue weighted by Crippen LogP contribution is -2.15. The monoisotopic (exact) mass is 396 g/mol. The SMILES string of the molecule is COC(=O)c1cccc2[nH]c(NC(=O)c3cccc(C#Cc4ccccc4)n3)nc12. The maximum atomic E-state index is 12.6. The first-order valence-electron chi connectivity index (χ1n) is 9.06. The highest BCUT2D eigenvalue weighted by molar-refractivity contribution is 6.05. The third-order valence-corrected chi connectivity index (χ3v) is 4.24. The molecule has 2 aromatic heterocycles. The van der Waals surface area contributed by atoms with E-state index >= 15 is 0 Å². The first-order chi connectivity index (χ1) is 14.6. The lowest BCUT2D eigenvalue weighted by atomic mass is 10.2. The number of para-hydroxylation sites is 1. The maximum Gasteiger partial charge on any atom is 0.340 e. The Hall–Kier alpha value is -4.44. The summed E-state index contributed by atoms with van der Waals surface area (Å²) < 4.78 is 4.77. The van der Waals surface area contributed by atoms with Crippen molar-refractivity contribution in [3.63, 3.8) is 0 Å². The second kappa shape index (κ2) is 8.29. The number of imidazole rings is 1. The number of benzene rings is 2. The molecule has 0 atom stereocenters. The van der Waals surface area contributed by atoms with Gasteiger partial charge in [0, 0.05) is 5.56 Å². The zero-order valence-corrected chi connectivity index (χ0v) is 16.0. The Morgan fingerprint density at radius 1 is 0.933 bits per heavy atom. The number of fused-ring (bicyclic) bond motifs is 1. The fraction of sp³-hybridized carbons (Fsp3) is 0.0435. The number of hydrogen-bond donors (Lipinski definition) is 2. The fourth-order valence-electron chi connectivity index (χ4n) is 2.83. The van der Waals surface area contributed by atoms with Crippen molar-refractivity contribution in [1.82, 2.24) is 15.0 Å². The number of H-pyrrole nitrogens is 1. The van der Waals surface area contributed by atoms with Gasteiger partial charge < -0.3 is 9.72 Å². The number of ether oxygens (including phenoxy) is 1. The van der Waals surface area contributed by atoms with E-state index in [2.05, 4.69) is 32.1 Å². The van der Waals surface area contributed by atoms with Crippen LogP contribution in [0.25, 0.3) is 11.0 Å². The van der Waals surface area contributed by atoms with Crippen LogP contribution in [0.15, 0.2) is 66.7 Å². The van der Waals surface area contributed by atoms with Crippen molar-refractivity contribution in [2.75, 3.05) is 12.4 Å². The molecule has 0 aliphatic heterocycles. The van der Waals surface area contributed by atoms with Crippen molar-refractivity contribution in [2.45, 2.75) is 0 Å². The minimum atomic E-state index is -0.503. The predicted molar refractivity (Wildman–Crippen MR) is 112 cm³/mol. The van der Waals surface area contributed by atoms with Crippen molar-refractivity contribution in [3.8, 4) is 11.8 Å². The van der Waals surface area contributed by atoms with Crippen LogP contribution in [0.5, 0.6) is 0 Å². The van der Waals surface area contributed by atoms with Gasteiger partial charge in [-0.25, -0.2) is 14.8 Å². The van der Waals surface area contributed by atoms with Crippen molar-refractivity contribution < 1.29 is 14.3 Å². The maximum absolute atomic E-state index is 12.6. The molecule has 0 bridgehead atoms. The number of nitrogens with zero attached hydrogens (tertiary/aromatic N) is 2. The molecular weight excluding hydrogens is 380 g/mol. The summed E-state index contributed by atoms with van der Waals surface area (Å²) in [5, 5.41) is 2.66. The Bertz CT molecular complexity index is 1300. The largest absolute Gasteiger partial charge is 0.465 e. The molecule has 0 spiro atoms. The minimum Gasteiger partial charge on any atom is -0.465 e. The summed E-state index contributed by atoms with van der Waals surface area (Å²) >= 11 is 0. The van der Waals surface area contributed by atoms with Crippen LogP contribution < -0.4 is 5.32 Å². The zero-order chi connectivity index (χ0) is 20.9. The van der Waals surface area contributed by atoms with Gasteiger partial charge in [-0.1, -0.05) is 36.3 Å². The van der Waals surface area contributed by atoms with Crippen LogP contribution in [-0.4, -0.2) is 33.9 Å². The lowest BCUT2D eigenvalue weighted by Gasteiger charge is -2.01. The number of rotatable bonds is 3. The van der Waals surface area contributed by atoms with Gasteiger partial charge in [-0.3, -0.25) is 10.1 Å². The molecule has 4 rings (SSSR count). The molecule has 2 heterocycles. The number of methoxy groups -OCH3 is 1. The van der Waals surface area contributed by atoms with Gasteiger partial charge in [0.25, 0.3) is 5.91 Å². The smallest absolute Gasteiger partial charge is 0.340 e. The fourth-order valence-corrected chi connectivity index (χ4v) is 2.83. The molecule has 7 heteroatoms. The average molecular weight is 396 g/mol. The first kappa shape index (κ1) is 18.9. The molecule has 0 saturated heterocycles. The summed E-state index contributed by atoms with van der Waals surface area (Å²) in [6, 6.07) is 19.6. The second-order valence-corrected chi connectivity index (χ2v) is 6.26. The number of nitrogens with one attached hydrogen (secondary N) is 2. The van der Waals surface area contributed by atoms with Gasteiger partial charge in [0.05, 0.1) is 18.2 Å². The van der Waals surface area contributed by atoms with Crippen LogP contribution in [0.1, 0.15) is 32.1 Å². The highest BCUT2D eigenvalue weighted by atomic mass is 16.5. The molecule has 0 fully saturated rings. The molecule has 7 nitrogen and oxygen atoms in total. The van der Waals surface area contributed by atoms with Crippen LogP contribution in [0.2, 0.25) is 0 Å². The quantitative estimate of drug-likeness (QED) is 0.409. The molecule has 0 aliphatic carbocycles. The number of esters is 1. The Kier molecular flexibility index (Phi) is 5.22. The highest BCUT2D eigenvalue weighted by Crippen LogP contribution is 2.19. The van der Waals surface area contributed by atoms with Crippen LogP contribution in [0.3, 0.4) is 0 Å². The molecule has 0 unspecified atom stereocenters. The van der Waals surface area contributed by atoms with E-state index in [0.29, 0.717) is 22.3 Å². The molecule has 2 N–H and O–H groups in total. The Labute approximate surface area is 172 Å². The Morgan fingerprint density at radius 3 is 2.53 bits per heavy atom. The summed E-state index contributed by atoms with van der Waals surface area (Å²) in [7, 11) is 1.30. The summed E-state index contributed by atoms with van der Waals surface area (Å²) in [5.74, 6) is 5.21. The molecule has 4 aromatic rings. The third kappa shape index (κ3) is 4.03. The molecule has 30 heavy (non-hydrogen) atoms. The summed E-state index contributed by atoms with van der Waals surface area (Å²) in [4.78, 5) is 36.1. The molecule has 1 amide bonds. The standard InChI is InChI=1S/C23H16N4O3/c1-30-22(29)17-10-6-11-18-20(17)26-23(25-18)27-21(28)19-12-5-9-16(24-19)14-13-15-7-3-2-4-8-15/h2-12H,1H3,(H2,25,26,27,28). The van der Waals surface area contributed by atoms with E-state index < -0.39 is 11.9 Å². The molecule has 0 aliphatic rings. The normalized spacial score (nSPS) is 10.2. The van der Waals surface area contributed by atoms with Gasteiger partial charge in [0.1, 0.15) is 16.9 Å². The first-order valence-corrected chi connectivity index (χ1v) is 9.06. The van der Waals surface area contributed by atoms with Crippen molar-refractivity contribution in [3.05, 3.63) is 89.2 Å². The van der Waals surface area contributed by atoms with E-state index in [-0.39, 0.29) is 11.6 Å². The van der Waals surface area contributed by atoms with Crippen molar-refractivity contribution in [1.29, 1.82) is 0 Å². The predicted octanol–water partition coefficient (Wildman–Crippen LogP) is 3.40. The molecule has 2 aromatic carbocycles. The number of anilines is 1. The Balaban J connectivity index is 1.56. The number of hydrogen-bond acceptors (Lipinski definition) is 5. The van der Waals surface area contributed by atoms with E-state index in [1.165, 1.54) is 7.11 Å². The van der Waals surface area contributed by atoms with E-state index in [1.54, 1.807) is 36.4 Å². The third-order valence-electron chi connectivity index (χ3n) is 4.24. The van der Waals surface area contributed by atoms with Crippen LogP contribution in [0, 0.1) is 11.8 Å². The van der Waals surface area contributed by atoms with Gasteiger partial charge in [-0.05, 0) is 42.3 Å². The number of aromatic nitrogens is 3. The van der Waals surface area contributed by atoms with Gasteiger partial charge in [-0.2, -0.15) is 0 Å².